The van der Waals surface area contributed by atoms with Crippen LogP contribution >= 0.6 is 0 Å². The monoisotopic (exact) mass is 404 g/mol. The lowest BCUT2D eigenvalue weighted by molar-refractivity contribution is -0.121. The molecule has 2 aliphatic rings. The van der Waals surface area contributed by atoms with Crippen LogP contribution in [0.2, 0.25) is 0 Å². The molecular weight excluding hydrogens is 376 g/mol. The van der Waals surface area contributed by atoms with Crippen molar-refractivity contribution in [1.29, 1.82) is 0 Å². The molecule has 2 amide bonds. The van der Waals surface area contributed by atoms with E-state index in [9.17, 15) is 9.59 Å². The topological polar surface area (TPSA) is 49.9 Å². The maximum absolute atomic E-state index is 13.5. The molecule has 5 nitrogen and oxygen atoms in total. The third kappa shape index (κ3) is 3.65. The molecule has 2 aliphatic heterocycles. The lowest BCUT2D eigenvalue weighted by Gasteiger charge is -2.29. The molecular formula is C25H28N2O3. The SMILES string of the molecule is Cc1ccc(C2=C(N3CCOCC3)C(=O)N(c3ccc(C(C)(C)C)cc3)C2=O)cc1. The summed E-state index contributed by atoms with van der Waals surface area (Å²) < 4.78 is 5.46. The molecule has 0 radical (unpaired) electrons. The zero-order valence-electron chi connectivity index (χ0n) is 18.1. The van der Waals surface area contributed by atoms with Gasteiger partial charge in [-0.05, 0) is 35.6 Å². The van der Waals surface area contributed by atoms with Crippen molar-refractivity contribution in [2.75, 3.05) is 31.2 Å². The Bertz CT molecular complexity index is 992. The summed E-state index contributed by atoms with van der Waals surface area (Å²) in [5, 5.41) is 0. The summed E-state index contributed by atoms with van der Waals surface area (Å²) >= 11 is 0. The van der Waals surface area contributed by atoms with Crippen molar-refractivity contribution in [3.05, 3.63) is 70.9 Å². The van der Waals surface area contributed by atoms with Crippen molar-refractivity contribution in [3.63, 3.8) is 0 Å². The van der Waals surface area contributed by atoms with Crippen LogP contribution in [0.15, 0.2) is 54.2 Å². The fraction of sp³-hybridized carbons (Fsp3) is 0.360. The van der Waals surface area contributed by atoms with Crippen LogP contribution in [0.25, 0.3) is 5.57 Å². The molecule has 0 aliphatic carbocycles. The average molecular weight is 405 g/mol. The Balaban J connectivity index is 1.77. The highest BCUT2D eigenvalue weighted by Gasteiger charge is 2.42. The van der Waals surface area contributed by atoms with Crippen molar-refractivity contribution in [2.24, 2.45) is 0 Å². The van der Waals surface area contributed by atoms with Gasteiger partial charge in [-0.25, -0.2) is 4.90 Å². The van der Waals surface area contributed by atoms with Crippen molar-refractivity contribution < 1.29 is 14.3 Å². The molecule has 5 heteroatoms. The van der Waals surface area contributed by atoms with Crippen molar-refractivity contribution in [2.45, 2.75) is 33.1 Å². The van der Waals surface area contributed by atoms with Crippen molar-refractivity contribution in [1.82, 2.24) is 4.90 Å². The summed E-state index contributed by atoms with van der Waals surface area (Å²) in [4.78, 5) is 30.3. The van der Waals surface area contributed by atoms with Crippen LogP contribution in [0.5, 0.6) is 0 Å². The fourth-order valence-electron chi connectivity index (χ4n) is 3.92. The maximum atomic E-state index is 13.5. The smallest absolute Gasteiger partial charge is 0.282 e. The van der Waals surface area contributed by atoms with Crippen molar-refractivity contribution in [3.8, 4) is 0 Å². The lowest BCUT2D eigenvalue weighted by atomic mass is 9.87. The van der Waals surface area contributed by atoms with Gasteiger partial charge in [0.1, 0.15) is 5.70 Å². The number of hydrogen-bond donors (Lipinski definition) is 0. The maximum Gasteiger partial charge on any atom is 0.282 e. The summed E-state index contributed by atoms with van der Waals surface area (Å²) in [6.07, 6.45) is 0. The van der Waals surface area contributed by atoms with E-state index in [0.29, 0.717) is 43.3 Å². The number of imide groups is 1. The number of anilines is 1. The quantitative estimate of drug-likeness (QED) is 0.728. The van der Waals surface area contributed by atoms with Crippen LogP contribution in [-0.4, -0.2) is 43.0 Å². The van der Waals surface area contributed by atoms with Gasteiger partial charge in [-0.15, -0.1) is 0 Å². The van der Waals surface area contributed by atoms with E-state index < -0.39 is 0 Å². The molecule has 0 bridgehead atoms. The number of benzene rings is 2. The van der Waals surface area contributed by atoms with Crippen LogP contribution in [-0.2, 0) is 19.7 Å². The molecule has 4 rings (SSSR count). The highest BCUT2D eigenvalue weighted by Crippen LogP contribution is 2.36. The fourth-order valence-corrected chi connectivity index (χ4v) is 3.92. The number of aryl methyl sites for hydroxylation is 1. The second-order valence-electron chi connectivity index (χ2n) is 8.93. The van der Waals surface area contributed by atoms with Gasteiger partial charge < -0.3 is 9.64 Å². The minimum absolute atomic E-state index is 0.00181. The van der Waals surface area contributed by atoms with E-state index in [2.05, 4.69) is 20.8 Å². The van der Waals surface area contributed by atoms with Gasteiger partial charge in [0.05, 0.1) is 24.5 Å². The molecule has 1 fully saturated rings. The number of carbonyl (C=O) groups is 2. The highest BCUT2D eigenvalue weighted by molar-refractivity contribution is 6.45. The molecule has 30 heavy (non-hydrogen) atoms. The number of ether oxygens (including phenoxy) is 1. The predicted octanol–water partition coefficient (Wildman–Crippen LogP) is 3.91. The summed E-state index contributed by atoms with van der Waals surface area (Å²) in [5.41, 5.74) is 4.60. The van der Waals surface area contributed by atoms with Crippen molar-refractivity contribution >= 4 is 23.1 Å². The Labute approximate surface area is 177 Å². The number of nitrogens with zero attached hydrogens (tertiary/aromatic N) is 2. The Kier molecular flexibility index (Phi) is 5.24. The molecule has 0 unspecified atom stereocenters. The number of hydrogen-bond acceptors (Lipinski definition) is 4. The molecule has 1 saturated heterocycles. The van der Waals surface area contributed by atoms with E-state index in [-0.39, 0.29) is 17.2 Å². The number of carbonyl (C=O) groups excluding carboxylic acids is 2. The van der Waals surface area contributed by atoms with Crippen LogP contribution in [0, 0.1) is 6.92 Å². The van der Waals surface area contributed by atoms with Gasteiger partial charge in [0.15, 0.2) is 0 Å². The predicted molar refractivity (Wildman–Crippen MR) is 118 cm³/mol. The first-order chi connectivity index (χ1) is 14.3. The van der Waals surface area contributed by atoms with E-state index in [1.54, 1.807) is 0 Å². The van der Waals surface area contributed by atoms with Crippen LogP contribution in [0.4, 0.5) is 5.69 Å². The van der Waals surface area contributed by atoms with E-state index >= 15 is 0 Å². The highest BCUT2D eigenvalue weighted by atomic mass is 16.5. The summed E-state index contributed by atoms with van der Waals surface area (Å²) in [7, 11) is 0. The third-order valence-electron chi connectivity index (χ3n) is 5.72. The van der Waals surface area contributed by atoms with Gasteiger partial charge in [0, 0.05) is 13.1 Å². The first-order valence-corrected chi connectivity index (χ1v) is 10.4. The van der Waals surface area contributed by atoms with Gasteiger partial charge in [-0.3, -0.25) is 9.59 Å². The molecule has 0 saturated carbocycles. The van der Waals surface area contributed by atoms with E-state index in [4.69, 9.17) is 4.74 Å². The summed E-state index contributed by atoms with van der Waals surface area (Å²) in [5.74, 6) is -0.533. The van der Waals surface area contributed by atoms with Crippen LogP contribution in [0.1, 0.15) is 37.5 Å². The third-order valence-corrected chi connectivity index (χ3v) is 5.72. The largest absolute Gasteiger partial charge is 0.378 e. The van der Waals surface area contributed by atoms with Gasteiger partial charge in [0.25, 0.3) is 11.8 Å². The van der Waals surface area contributed by atoms with Gasteiger partial charge in [-0.2, -0.15) is 0 Å². The second-order valence-corrected chi connectivity index (χ2v) is 8.93. The lowest BCUT2D eigenvalue weighted by Crippen LogP contribution is -2.40. The Morgan fingerprint density at radius 3 is 2.00 bits per heavy atom. The molecule has 2 aromatic carbocycles. The summed E-state index contributed by atoms with van der Waals surface area (Å²) in [6.45, 7) is 10.7. The number of morpholine rings is 1. The van der Waals surface area contributed by atoms with Gasteiger partial charge >= 0.3 is 0 Å². The van der Waals surface area contributed by atoms with Gasteiger partial charge in [0.2, 0.25) is 0 Å². The molecule has 0 aromatic heterocycles. The zero-order chi connectivity index (χ0) is 21.5. The first kappa shape index (κ1) is 20.4. The first-order valence-electron chi connectivity index (χ1n) is 10.4. The molecule has 156 valence electrons. The Hall–Kier alpha value is -2.92. The average Bonchev–Trinajstić information content (AvgIpc) is 2.99. The Morgan fingerprint density at radius 2 is 1.43 bits per heavy atom. The number of rotatable bonds is 3. The molecule has 0 N–H and O–H groups in total. The van der Waals surface area contributed by atoms with Crippen LogP contribution < -0.4 is 4.90 Å². The summed E-state index contributed by atoms with van der Waals surface area (Å²) in [6, 6.07) is 15.5. The molecule has 0 atom stereocenters. The molecule has 2 heterocycles. The normalized spacial score (nSPS) is 17.9. The van der Waals surface area contributed by atoms with E-state index in [1.807, 2.05) is 60.4 Å². The van der Waals surface area contributed by atoms with Crippen LogP contribution in [0.3, 0.4) is 0 Å². The standard InChI is InChI=1S/C25H28N2O3/c1-17-5-7-18(8-6-17)21-22(26-13-15-30-16-14-26)24(29)27(23(21)28)20-11-9-19(10-12-20)25(2,3)4/h5-12H,13-16H2,1-4H3. The second kappa shape index (κ2) is 7.73. The van der Waals surface area contributed by atoms with E-state index in [0.717, 1.165) is 16.7 Å². The minimum Gasteiger partial charge on any atom is -0.378 e. The molecule has 0 spiro atoms. The number of amides is 2. The minimum atomic E-state index is -0.270. The Morgan fingerprint density at radius 1 is 0.833 bits per heavy atom. The van der Waals surface area contributed by atoms with E-state index in [1.165, 1.54) is 4.90 Å². The molecule has 2 aromatic rings. The van der Waals surface area contributed by atoms with Gasteiger partial charge in [-0.1, -0.05) is 62.7 Å². The zero-order valence-corrected chi connectivity index (χ0v) is 18.1.